The summed E-state index contributed by atoms with van der Waals surface area (Å²) in [5.74, 6) is -2.31. The number of hydrogen-bond acceptors (Lipinski definition) is 3. The molecule has 0 radical (unpaired) electrons. The Morgan fingerprint density at radius 2 is 1.80 bits per heavy atom. The maximum atomic E-state index is 12.9. The van der Waals surface area contributed by atoms with Gasteiger partial charge in [-0.2, -0.15) is 0 Å². The van der Waals surface area contributed by atoms with Gasteiger partial charge in [0.15, 0.2) is 0 Å². The fourth-order valence-electron chi connectivity index (χ4n) is 1.71. The van der Waals surface area contributed by atoms with Crippen LogP contribution in [0.3, 0.4) is 0 Å². The number of amides is 1. The maximum Gasteiger partial charge on any atom is 0.337 e. The van der Waals surface area contributed by atoms with Gasteiger partial charge in [0.1, 0.15) is 5.82 Å². The molecular formula is C14H11FN2O3. The van der Waals surface area contributed by atoms with Crippen molar-refractivity contribution in [3.63, 3.8) is 0 Å². The summed E-state index contributed by atoms with van der Waals surface area (Å²) in [6.07, 6.45) is 0. The van der Waals surface area contributed by atoms with Crippen molar-refractivity contribution in [3.8, 4) is 0 Å². The number of carboxylic acid groups (broad SMARTS) is 1. The van der Waals surface area contributed by atoms with Crippen molar-refractivity contribution in [1.29, 1.82) is 0 Å². The van der Waals surface area contributed by atoms with Crippen LogP contribution in [-0.4, -0.2) is 17.0 Å². The zero-order valence-corrected chi connectivity index (χ0v) is 10.3. The summed E-state index contributed by atoms with van der Waals surface area (Å²) in [4.78, 5) is 23.0. The third-order valence-corrected chi connectivity index (χ3v) is 2.66. The molecule has 102 valence electrons. The number of nitrogens with one attached hydrogen (secondary N) is 1. The molecule has 0 saturated heterocycles. The summed E-state index contributed by atoms with van der Waals surface area (Å²) in [5, 5.41) is 11.5. The first-order valence-corrected chi connectivity index (χ1v) is 5.67. The lowest BCUT2D eigenvalue weighted by molar-refractivity contribution is 0.0698. The Kier molecular flexibility index (Phi) is 3.65. The van der Waals surface area contributed by atoms with Gasteiger partial charge in [0.25, 0.3) is 5.91 Å². The van der Waals surface area contributed by atoms with E-state index in [0.29, 0.717) is 0 Å². The molecule has 5 nitrogen and oxygen atoms in total. The predicted molar refractivity (Wildman–Crippen MR) is 72.2 cm³/mol. The van der Waals surface area contributed by atoms with Crippen LogP contribution in [0.5, 0.6) is 0 Å². The molecule has 0 spiro atoms. The first-order valence-electron chi connectivity index (χ1n) is 5.67. The van der Waals surface area contributed by atoms with E-state index >= 15 is 0 Å². The van der Waals surface area contributed by atoms with Crippen LogP contribution in [0, 0.1) is 5.82 Å². The third kappa shape index (κ3) is 2.74. The number of nitrogens with two attached hydrogens (primary N) is 1. The second-order valence-corrected chi connectivity index (χ2v) is 4.04. The van der Waals surface area contributed by atoms with Gasteiger partial charge in [-0.25, -0.2) is 9.18 Å². The zero-order chi connectivity index (χ0) is 14.7. The Balaban J connectivity index is 2.30. The minimum absolute atomic E-state index is 0.0182. The molecule has 0 aromatic heterocycles. The fourth-order valence-corrected chi connectivity index (χ4v) is 1.71. The van der Waals surface area contributed by atoms with E-state index in [1.165, 1.54) is 18.2 Å². The smallest absolute Gasteiger partial charge is 0.337 e. The van der Waals surface area contributed by atoms with Crippen molar-refractivity contribution in [2.75, 3.05) is 11.1 Å². The standard InChI is InChI=1S/C14H11FN2O3/c15-8-5-6-9(11(16)7-8)13(18)17-12-4-2-1-3-10(12)14(19)20/h1-7H,16H2,(H,17,18)(H,19,20). The van der Waals surface area contributed by atoms with E-state index in [0.717, 1.165) is 12.1 Å². The topological polar surface area (TPSA) is 92.4 Å². The Morgan fingerprint density at radius 1 is 1.10 bits per heavy atom. The molecule has 0 heterocycles. The van der Waals surface area contributed by atoms with E-state index in [9.17, 15) is 14.0 Å². The molecule has 0 atom stereocenters. The average Bonchev–Trinajstić information content (AvgIpc) is 2.38. The van der Waals surface area contributed by atoms with Gasteiger partial charge in [-0.05, 0) is 30.3 Å². The molecule has 0 fully saturated rings. The number of benzene rings is 2. The molecule has 4 N–H and O–H groups in total. The Bertz CT molecular complexity index is 686. The average molecular weight is 274 g/mol. The molecule has 0 bridgehead atoms. The van der Waals surface area contributed by atoms with Gasteiger partial charge in [-0.15, -0.1) is 0 Å². The highest BCUT2D eigenvalue weighted by molar-refractivity contribution is 6.10. The van der Waals surface area contributed by atoms with Crippen molar-refractivity contribution in [2.24, 2.45) is 0 Å². The number of carboxylic acids is 1. The Morgan fingerprint density at radius 3 is 2.45 bits per heavy atom. The van der Waals surface area contributed by atoms with Crippen LogP contribution in [0.2, 0.25) is 0 Å². The van der Waals surface area contributed by atoms with Gasteiger partial charge in [0.05, 0.1) is 16.8 Å². The van der Waals surface area contributed by atoms with Crippen LogP contribution >= 0.6 is 0 Å². The van der Waals surface area contributed by atoms with Gasteiger partial charge < -0.3 is 16.2 Å². The van der Waals surface area contributed by atoms with E-state index < -0.39 is 17.7 Å². The van der Waals surface area contributed by atoms with Crippen molar-refractivity contribution in [1.82, 2.24) is 0 Å². The first-order chi connectivity index (χ1) is 9.49. The lowest BCUT2D eigenvalue weighted by atomic mass is 10.1. The highest BCUT2D eigenvalue weighted by Crippen LogP contribution is 2.19. The minimum Gasteiger partial charge on any atom is -0.478 e. The van der Waals surface area contributed by atoms with E-state index in [-0.39, 0.29) is 22.5 Å². The van der Waals surface area contributed by atoms with Crippen LogP contribution in [0.25, 0.3) is 0 Å². The van der Waals surface area contributed by atoms with Crippen LogP contribution in [0.4, 0.5) is 15.8 Å². The monoisotopic (exact) mass is 274 g/mol. The van der Waals surface area contributed by atoms with Gasteiger partial charge in [0.2, 0.25) is 0 Å². The lowest BCUT2D eigenvalue weighted by Gasteiger charge is -2.09. The largest absolute Gasteiger partial charge is 0.478 e. The molecule has 0 aliphatic carbocycles. The molecule has 20 heavy (non-hydrogen) atoms. The number of carbonyl (C=O) groups excluding carboxylic acids is 1. The molecule has 1 amide bonds. The summed E-state index contributed by atoms with van der Waals surface area (Å²) in [7, 11) is 0. The number of carbonyl (C=O) groups is 2. The molecule has 0 aliphatic rings. The maximum absolute atomic E-state index is 12.9. The fraction of sp³-hybridized carbons (Fsp3) is 0. The highest BCUT2D eigenvalue weighted by Gasteiger charge is 2.14. The van der Waals surface area contributed by atoms with Gasteiger partial charge in [-0.3, -0.25) is 4.79 Å². The van der Waals surface area contributed by atoms with E-state index in [1.807, 2.05) is 0 Å². The van der Waals surface area contributed by atoms with Gasteiger partial charge in [-0.1, -0.05) is 12.1 Å². The minimum atomic E-state index is -1.16. The lowest BCUT2D eigenvalue weighted by Crippen LogP contribution is -2.16. The Labute approximate surface area is 113 Å². The van der Waals surface area contributed by atoms with Gasteiger partial charge >= 0.3 is 5.97 Å². The normalized spacial score (nSPS) is 10.1. The summed E-state index contributed by atoms with van der Waals surface area (Å²) in [6.45, 7) is 0. The number of anilines is 2. The quantitative estimate of drug-likeness (QED) is 0.749. The van der Waals surface area contributed by atoms with Gasteiger partial charge in [0, 0.05) is 5.69 Å². The first kappa shape index (κ1) is 13.5. The number of rotatable bonds is 3. The molecule has 2 rings (SSSR count). The molecule has 0 aliphatic heterocycles. The molecule has 2 aromatic carbocycles. The van der Waals surface area contributed by atoms with Crippen molar-refractivity contribution in [3.05, 3.63) is 59.4 Å². The molecule has 6 heteroatoms. The highest BCUT2D eigenvalue weighted by atomic mass is 19.1. The predicted octanol–water partition coefficient (Wildman–Crippen LogP) is 2.36. The molecule has 2 aromatic rings. The van der Waals surface area contributed by atoms with Crippen molar-refractivity contribution >= 4 is 23.3 Å². The number of para-hydroxylation sites is 1. The molecular weight excluding hydrogens is 263 g/mol. The second kappa shape index (κ2) is 5.40. The summed E-state index contributed by atoms with van der Waals surface area (Å²) in [6, 6.07) is 9.34. The van der Waals surface area contributed by atoms with Crippen LogP contribution in [0.15, 0.2) is 42.5 Å². The summed E-state index contributed by atoms with van der Waals surface area (Å²) >= 11 is 0. The van der Waals surface area contributed by atoms with Crippen LogP contribution in [-0.2, 0) is 0 Å². The van der Waals surface area contributed by atoms with Crippen molar-refractivity contribution in [2.45, 2.75) is 0 Å². The summed E-state index contributed by atoms with van der Waals surface area (Å²) < 4.78 is 12.9. The second-order valence-electron chi connectivity index (χ2n) is 4.04. The zero-order valence-electron chi connectivity index (χ0n) is 10.3. The number of nitrogen functional groups attached to an aromatic ring is 1. The molecule has 0 unspecified atom stereocenters. The Hall–Kier alpha value is -2.89. The van der Waals surface area contributed by atoms with E-state index in [4.69, 9.17) is 10.8 Å². The third-order valence-electron chi connectivity index (χ3n) is 2.66. The van der Waals surface area contributed by atoms with Crippen molar-refractivity contribution < 1.29 is 19.1 Å². The SMILES string of the molecule is Nc1cc(F)ccc1C(=O)Nc1ccccc1C(=O)O. The molecule has 0 saturated carbocycles. The number of halogens is 1. The van der Waals surface area contributed by atoms with Crippen LogP contribution < -0.4 is 11.1 Å². The van der Waals surface area contributed by atoms with E-state index in [1.54, 1.807) is 12.1 Å². The number of hydrogen-bond donors (Lipinski definition) is 3. The van der Waals surface area contributed by atoms with E-state index in [2.05, 4.69) is 5.32 Å². The number of aromatic carboxylic acids is 1. The van der Waals surface area contributed by atoms with Crippen LogP contribution in [0.1, 0.15) is 20.7 Å². The summed E-state index contributed by atoms with van der Waals surface area (Å²) in [5.41, 5.74) is 5.72.